The van der Waals surface area contributed by atoms with Crippen molar-refractivity contribution < 1.29 is 0 Å². The molecule has 0 amide bonds. The highest BCUT2D eigenvalue weighted by molar-refractivity contribution is 8.00. The molecule has 1 heterocycles. The average Bonchev–Trinajstić information content (AvgIpc) is 2.33. The van der Waals surface area contributed by atoms with Crippen molar-refractivity contribution in [3.8, 4) is 0 Å². The van der Waals surface area contributed by atoms with Gasteiger partial charge in [-0.2, -0.15) is 11.8 Å². The first-order chi connectivity index (χ1) is 5.72. The maximum absolute atomic E-state index is 6.30. The van der Waals surface area contributed by atoms with Crippen LogP contribution in [0.1, 0.15) is 39.0 Å². The van der Waals surface area contributed by atoms with Crippen molar-refractivity contribution in [3.05, 3.63) is 0 Å². The molecule has 0 bridgehead atoms. The molecule has 2 unspecified atom stereocenters. The Bertz CT molecular complexity index is 159. The maximum atomic E-state index is 6.30. The Morgan fingerprint density at radius 1 is 1.42 bits per heavy atom. The molecule has 2 heteroatoms. The number of rotatable bonds is 2. The van der Waals surface area contributed by atoms with Crippen LogP contribution in [0.4, 0.5) is 0 Å². The fourth-order valence-corrected chi connectivity index (χ4v) is 3.79. The molecule has 12 heavy (non-hydrogen) atoms. The van der Waals surface area contributed by atoms with Gasteiger partial charge in [-0.3, -0.25) is 0 Å². The minimum Gasteiger partial charge on any atom is -0.326 e. The van der Waals surface area contributed by atoms with Gasteiger partial charge < -0.3 is 5.73 Å². The molecule has 1 aliphatic carbocycles. The van der Waals surface area contributed by atoms with Gasteiger partial charge in [0.05, 0.1) is 0 Å². The monoisotopic (exact) mass is 185 g/mol. The lowest BCUT2D eigenvalue weighted by Gasteiger charge is -2.40. The van der Waals surface area contributed by atoms with Crippen LogP contribution in [0, 0.1) is 5.92 Å². The van der Waals surface area contributed by atoms with Crippen molar-refractivity contribution in [2.75, 3.05) is 5.75 Å². The van der Waals surface area contributed by atoms with Gasteiger partial charge in [0.15, 0.2) is 0 Å². The molecule has 0 spiro atoms. The zero-order valence-electron chi connectivity index (χ0n) is 7.88. The molecule has 2 aliphatic rings. The lowest BCUT2D eigenvalue weighted by molar-refractivity contribution is 0.228. The molecule has 2 fully saturated rings. The van der Waals surface area contributed by atoms with Gasteiger partial charge in [-0.15, -0.1) is 0 Å². The molecule has 0 radical (unpaired) electrons. The van der Waals surface area contributed by atoms with Gasteiger partial charge in [0.1, 0.15) is 0 Å². The van der Waals surface area contributed by atoms with Crippen molar-refractivity contribution in [3.63, 3.8) is 0 Å². The predicted octanol–water partition coefficient (Wildman–Crippen LogP) is 2.40. The summed E-state index contributed by atoms with van der Waals surface area (Å²) >= 11 is 2.11. The molecular weight excluding hydrogens is 166 g/mol. The Morgan fingerprint density at radius 2 is 2.17 bits per heavy atom. The SMILES string of the molecule is CC1(C(N)C2CCC2)CCCS1. The maximum Gasteiger partial charge on any atom is 0.0285 e. The predicted molar refractivity (Wildman–Crippen MR) is 55.4 cm³/mol. The van der Waals surface area contributed by atoms with E-state index >= 15 is 0 Å². The van der Waals surface area contributed by atoms with E-state index in [1.54, 1.807) is 0 Å². The van der Waals surface area contributed by atoms with Gasteiger partial charge in [0.25, 0.3) is 0 Å². The summed E-state index contributed by atoms with van der Waals surface area (Å²) in [4.78, 5) is 0. The van der Waals surface area contributed by atoms with Crippen molar-refractivity contribution >= 4 is 11.8 Å². The fraction of sp³-hybridized carbons (Fsp3) is 1.00. The Labute approximate surface area is 79.5 Å². The second kappa shape index (κ2) is 3.22. The quantitative estimate of drug-likeness (QED) is 0.715. The van der Waals surface area contributed by atoms with Gasteiger partial charge in [-0.1, -0.05) is 6.42 Å². The van der Waals surface area contributed by atoms with Crippen LogP contribution in [0.3, 0.4) is 0 Å². The number of thioether (sulfide) groups is 1. The van der Waals surface area contributed by atoms with Gasteiger partial charge in [0.2, 0.25) is 0 Å². The van der Waals surface area contributed by atoms with Crippen LogP contribution in [0.2, 0.25) is 0 Å². The van der Waals surface area contributed by atoms with E-state index in [9.17, 15) is 0 Å². The summed E-state index contributed by atoms with van der Waals surface area (Å²) in [5.41, 5.74) is 6.30. The van der Waals surface area contributed by atoms with Crippen molar-refractivity contribution in [2.45, 2.75) is 49.8 Å². The Morgan fingerprint density at radius 3 is 2.58 bits per heavy atom. The third kappa shape index (κ3) is 1.39. The van der Waals surface area contributed by atoms with E-state index in [1.807, 2.05) is 0 Å². The first kappa shape index (κ1) is 8.89. The van der Waals surface area contributed by atoms with Crippen LogP contribution in [-0.2, 0) is 0 Å². The summed E-state index contributed by atoms with van der Waals surface area (Å²) in [6.07, 6.45) is 6.91. The molecule has 1 nitrogen and oxygen atoms in total. The topological polar surface area (TPSA) is 26.0 Å². The van der Waals surface area contributed by atoms with Gasteiger partial charge in [-0.05, 0) is 44.3 Å². The molecule has 0 aromatic rings. The molecule has 0 aromatic heterocycles. The van der Waals surface area contributed by atoms with E-state index in [-0.39, 0.29) is 0 Å². The van der Waals surface area contributed by atoms with Gasteiger partial charge in [0, 0.05) is 10.8 Å². The standard InChI is InChI=1S/C10H19NS/c1-10(6-3-7-12-10)9(11)8-4-2-5-8/h8-9H,2-7,11H2,1H3. The number of hydrogen-bond acceptors (Lipinski definition) is 2. The Balaban J connectivity index is 1.96. The third-order valence-electron chi connectivity index (χ3n) is 3.61. The second-order valence-corrected chi connectivity index (χ2v) is 6.11. The van der Waals surface area contributed by atoms with E-state index in [4.69, 9.17) is 5.73 Å². The molecule has 1 saturated heterocycles. The molecule has 0 aromatic carbocycles. The average molecular weight is 185 g/mol. The zero-order valence-corrected chi connectivity index (χ0v) is 8.70. The molecule has 2 N–H and O–H groups in total. The Kier molecular flexibility index (Phi) is 2.39. The van der Waals surface area contributed by atoms with Crippen molar-refractivity contribution in [1.29, 1.82) is 0 Å². The first-order valence-corrected chi connectivity index (χ1v) is 6.10. The largest absolute Gasteiger partial charge is 0.326 e. The molecule has 2 rings (SSSR count). The van der Waals surface area contributed by atoms with Gasteiger partial charge in [-0.25, -0.2) is 0 Å². The Hall–Kier alpha value is 0.310. The van der Waals surface area contributed by atoms with Crippen molar-refractivity contribution in [2.24, 2.45) is 11.7 Å². The smallest absolute Gasteiger partial charge is 0.0285 e. The van der Waals surface area contributed by atoms with E-state index in [0.29, 0.717) is 10.8 Å². The first-order valence-electron chi connectivity index (χ1n) is 5.12. The molecule has 1 aliphatic heterocycles. The fourth-order valence-electron chi connectivity index (χ4n) is 2.36. The summed E-state index contributed by atoms with van der Waals surface area (Å²) in [5, 5.41) is 0. The summed E-state index contributed by atoms with van der Waals surface area (Å²) < 4.78 is 0.422. The molecule has 70 valence electrons. The van der Waals surface area contributed by atoms with Gasteiger partial charge >= 0.3 is 0 Å². The third-order valence-corrected chi connectivity index (χ3v) is 5.24. The lowest BCUT2D eigenvalue weighted by Crippen LogP contribution is -2.48. The minimum atomic E-state index is 0.422. The molecule has 1 saturated carbocycles. The van der Waals surface area contributed by atoms with Crippen LogP contribution in [0.25, 0.3) is 0 Å². The number of hydrogen-bond donors (Lipinski definition) is 1. The normalized spacial score (nSPS) is 39.5. The van der Waals surface area contributed by atoms with Crippen molar-refractivity contribution in [1.82, 2.24) is 0 Å². The second-order valence-electron chi connectivity index (χ2n) is 4.48. The van der Waals surface area contributed by atoms with Crippen LogP contribution in [0.15, 0.2) is 0 Å². The van der Waals surface area contributed by atoms with E-state index < -0.39 is 0 Å². The molecule has 2 atom stereocenters. The highest BCUT2D eigenvalue weighted by Gasteiger charge is 2.41. The van der Waals surface area contributed by atoms with E-state index in [1.165, 1.54) is 37.9 Å². The zero-order chi connectivity index (χ0) is 8.60. The summed E-state index contributed by atoms with van der Waals surface area (Å²) in [6, 6.07) is 0.471. The molecular formula is C10H19NS. The van der Waals surface area contributed by atoms with E-state index in [0.717, 1.165) is 5.92 Å². The minimum absolute atomic E-state index is 0.422. The van der Waals surface area contributed by atoms with Crippen LogP contribution >= 0.6 is 11.8 Å². The summed E-state index contributed by atoms with van der Waals surface area (Å²) in [6.45, 7) is 2.37. The number of nitrogens with two attached hydrogens (primary N) is 1. The van der Waals surface area contributed by atoms with Crippen LogP contribution in [-0.4, -0.2) is 16.5 Å². The van der Waals surface area contributed by atoms with E-state index in [2.05, 4.69) is 18.7 Å². The highest BCUT2D eigenvalue weighted by Crippen LogP contribution is 2.45. The summed E-state index contributed by atoms with van der Waals surface area (Å²) in [7, 11) is 0. The van der Waals surface area contributed by atoms with Crippen LogP contribution in [0.5, 0.6) is 0 Å². The lowest BCUT2D eigenvalue weighted by atomic mass is 9.74. The van der Waals surface area contributed by atoms with Crippen LogP contribution < -0.4 is 5.73 Å². The highest BCUT2D eigenvalue weighted by atomic mass is 32.2. The summed E-state index contributed by atoms with van der Waals surface area (Å²) in [5.74, 6) is 2.18.